The largest absolute Gasteiger partial charge is 0.345 e. The fourth-order valence-corrected chi connectivity index (χ4v) is 5.39. The van der Waals surface area contributed by atoms with Gasteiger partial charge in [-0.05, 0) is 66.2 Å². The van der Waals surface area contributed by atoms with Crippen LogP contribution in [0.15, 0.2) is 140 Å². The summed E-state index contributed by atoms with van der Waals surface area (Å²) in [5.41, 5.74) is 9.17. The Balaban J connectivity index is 1.45. The monoisotopic (exact) mass is 502 g/mol. The molecule has 0 aliphatic heterocycles. The summed E-state index contributed by atoms with van der Waals surface area (Å²) in [6.45, 7) is 0. The number of rotatable bonds is 5. The highest BCUT2D eigenvalue weighted by Gasteiger charge is 2.19. The van der Waals surface area contributed by atoms with E-state index in [1.54, 1.807) is 12.4 Å². The van der Waals surface area contributed by atoms with Gasteiger partial charge in [0.2, 0.25) is 0 Å². The summed E-state index contributed by atoms with van der Waals surface area (Å²) in [7, 11) is 2.13. The van der Waals surface area contributed by atoms with Crippen LogP contribution < -0.4 is 4.90 Å². The van der Waals surface area contributed by atoms with Crippen molar-refractivity contribution in [3.8, 4) is 28.2 Å². The first-order valence-corrected chi connectivity index (χ1v) is 13.1. The van der Waals surface area contributed by atoms with Gasteiger partial charge in [-0.25, -0.2) is 9.97 Å². The van der Waals surface area contributed by atoms with Crippen molar-refractivity contribution >= 4 is 33.2 Å². The fraction of sp³-hybridized carbons (Fsp3) is 0.0286. The summed E-state index contributed by atoms with van der Waals surface area (Å²) in [6.07, 6.45) is 3.54. The number of aromatic nitrogens is 3. The van der Waals surface area contributed by atoms with Crippen LogP contribution in [-0.4, -0.2) is 21.6 Å². The second-order valence-corrected chi connectivity index (χ2v) is 9.62. The summed E-state index contributed by atoms with van der Waals surface area (Å²) in [6, 6.07) is 44.9. The van der Waals surface area contributed by atoms with E-state index in [4.69, 9.17) is 0 Å². The van der Waals surface area contributed by atoms with E-state index in [1.807, 2.05) is 6.07 Å². The molecule has 0 bridgehead atoms. The molecule has 0 unspecified atom stereocenters. The molecular formula is C35H26N4. The second kappa shape index (κ2) is 9.58. The maximum atomic E-state index is 4.39. The molecule has 0 spiro atoms. The molecule has 0 aliphatic rings. The van der Waals surface area contributed by atoms with Gasteiger partial charge in [0, 0.05) is 58.4 Å². The van der Waals surface area contributed by atoms with Crippen molar-refractivity contribution in [3.63, 3.8) is 0 Å². The summed E-state index contributed by atoms with van der Waals surface area (Å²) in [5.74, 6) is 0.730. The lowest BCUT2D eigenvalue weighted by molar-refractivity contribution is 1.17. The molecule has 0 fully saturated rings. The smallest absolute Gasteiger partial charge is 0.159 e. The van der Waals surface area contributed by atoms with Crippen LogP contribution in [0.5, 0.6) is 0 Å². The highest BCUT2D eigenvalue weighted by Crippen LogP contribution is 2.41. The molecule has 7 aromatic rings. The topological polar surface area (TPSA) is 34.0 Å². The molecule has 0 radical (unpaired) electrons. The van der Waals surface area contributed by atoms with E-state index in [1.165, 1.54) is 32.9 Å². The second-order valence-electron chi connectivity index (χ2n) is 9.62. The van der Waals surface area contributed by atoms with Gasteiger partial charge in [0.1, 0.15) is 0 Å². The van der Waals surface area contributed by atoms with Crippen molar-refractivity contribution in [2.24, 2.45) is 0 Å². The number of hydrogen-bond acceptors (Lipinski definition) is 3. The number of para-hydroxylation sites is 2. The van der Waals surface area contributed by atoms with Gasteiger partial charge in [0.15, 0.2) is 5.82 Å². The van der Waals surface area contributed by atoms with Gasteiger partial charge in [-0.2, -0.15) is 0 Å². The Morgan fingerprint density at radius 2 is 1.23 bits per heavy atom. The highest BCUT2D eigenvalue weighted by atomic mass is 15.1. The van der Waals surface area contributed by atoms with E-state index in [9.17, 15) is 0 Å². The zero-order chi connectivity index (χ0) is 26.2. The molecule has 0 N–H and O–H groups in total. The van der Waals surface area contributed by atoms with Crippen LogP contribution in [0.2, 0.25) is 0 Å². The van der Waals surface area contributed by atoms with E-state index in [0.29, 0.717) is 0 Å². The molecule has 2 aromatic heterocycles. The van der Waals surface area contributed by atoms with Crippen LogP contribution in [0.3, 0.4) is 0 Å². The third kappa shape index (κ3) is 4.03. The Morgan fingerprint density at radius 1 is 0.564 bits per heavy atom. The lowest BCUT2D eigenvalue weighted by Crippen LogP contribution is -2.09. The van der Waals surface area contributed by atoms with Crippen LogP contribution in [0, 0.1) is 0 Å². The molecule has 0 aliphatic carbocycles. The molecule has 4 nitrogen and oxygen atoms in total. The number of fused-ring (bicyclic) bond motifs is 3. The zero-order valence-corrected chi connectivity index (χ0v) is 21.6. The lowest BCUT2D eigenvalue weighted by Gasteiger charge is -2.22. The lowest BCUT2D eigenvalue weighted by atomic mass is 10.00. The molecule has 4 heteroatoms. The highest BCUT2D eigenvalue weighted by molar-refractivity contribution is 6.15. The minimum atomic E-state index is 0.730. The average molecular weight is 503 g/mol. The van der Waals surface area contributed by atoms with Crippen LogP contribution in [-0.2, 0) is 0 Å². The van der Waals surface area contributed by atoms with Crippen molar-refractivity contribution in [2.75, 3.05) is 11.9 Å². The van der Waals surface area contributed by atoms with Crippen LogP contribution in [0.4, 0.5) is 11.4 Å². The summed E-state index contributed by atoms with van der Waals surface area (Å²) in [5, 5.41) is 2.47. The van der Waals surface area contributed by atoms with Crippen LogP contribution >= 0.6 is 0 Å². The normalized spacial score (nSPS) is 11.2. The number of hydrogen-bond donors (Lipinski definition) is 0. The first-order valence-electron chi connectivity index (χ1n) is 13.1. The molecule has 0 saturated carbocycles. The van der Waals surface area contributed by atoms with Gasteiger partial charge in [0.05, 0.1) is 11.0 Å². The Labute approximate surface area is 227 Å². The van der Waals surface area contributed by atoms with E-state index >= 15 is 0 Å². The molecule has 5 aromatic carbocycles. The summed E-state index contributed by atoms with van der Waals surface area (Å²) < 4.78 is 2.39. The Morgan fingerprint density at radius 3 is 1.97 bits per heavy atom. The van der Waals surface area contributed by atoms with Gasteiger partial charge >= 0.3 is 0 Å². The van der Waals surface area contributed by atoms with Crippen molar-refractivity contribution in [2.45, 2.75) is 0 Å². The quantitative estimate of drug-likeness (QED) is 0.236. The maximum absolute atomic E-state index is 4.39. The Hall–Kier alpha value is -5.22. The van der Waals surface area contributed by atoms with Gasteiger partial charge in [-0.15, -0.1) is 0 Å². The molecule has 0 atom stereocenters. The predicted octanol–water partition coefficient (Wildman–Crippen LogP) is 8.68. The zero-order valence-electron chi connectivity index (χ0n) is 21.6. The molecule has 0 amide bonds. The van der Waals surface area contributed by atoms with Crippen molar-refractivity contribution in [3.05, 3.63) is 140 Å². The van der Waals surface area contributed by atoms with Crippen LogP contribution in [0.25, 0.3) is 50.0 Å². The first kappa shape index (κ1) is 22.9. The first-order chi connectivity index (χ1) is 19.3. The summed E-state index contributed by atoms with van der Waals surface area (Å²) in [4.78, 5) is 11.0. The van der Waals surface area contributed by atoms with E-state index in [2.05, 4.69) is 148 Å². The third-order valence-corrected chi connectivity index (χ3v) is 7.32. The van der Waals surface area contributed by atoms with Crippen LogP contribution in [0.1, 0.15) is 0 Å². The third-order valence-electron chi connectivity index (χ3n) is 7.32. The van der Waals surface area contributed by atoms with Gasteiger partial charge < -0.3 is 9.47 Å². The minimum absolute atomic E-state index is 0.730. The molecule has 186 valence electrons. The summed E-state index contributed by atoms with van der Waals surface area (Å²) >= 11 is 0. The predicted molar refractivity (Wildman–Crippen MR) is 162 cm³/mol. The molecule has 39 heavy (non-hydrogen) atoms. The molecular weight excluding hydrogens is 476 g/mol. The van der Waals surface area contributed by atoms with Gasteiger partial charge in [0.25, 0.3) is 0 Å². The molecule has 2 heterocycles. The molecule has 0 saturated heterocycles. The maximum Gasteiger partial charge on any atom is 0.159 e. The van der Waals surface area contributed by atoms with Gasteiger partial charge in [-0.1, -0.05) is 66.7 Å². The van der Waals surface area contributed by atoms with Crippen molar-refractivity contribution in [1.82, 2.24) is 14.5 Å². The van der Waals surface area contributed by atoms with E-state index in [0.717, 1.165) is 28.5 Å². The fourth-order valence-electron chi connectivity index (χ4n) is 5.39. The van der Waals surface area contributed by atoms with E-state index in [-0.39, 0.29) is 0 Å². The van der Waals surface area contributed by atoms with Gasteiger partial charge in [-0.3, -0.25) is 0 Å². The Kier molecular flexibility index (Phi) is 5.64. The number of benzene rings is 5. The SMILES string of the molecule is CN(c1ccc(-c2ncccn2)cc1)c1cc(-c2ccccc2)c2c(c1)c1ccccc1n2-c1ccccc1. The van der Waals surface area contributed by atoms with E-state index < -0.39 is 0 Å². The Bertz CT molecular complexity index is 1890. The van der Waals surface area contributed by atoms with Crippen molar-refractivity contribution < 1.29 is 0 Å². The molecule has 7 rings (SSSR count). The number of anilines is 2. The average Bonchev–Trinajstić information content (AvgIpc) is 3.36. The minimum Gasteiger partial charge on any atom is -0.345 e. The number of nitrogens with zero attached hydrogens (tertiary/aromatic N) is 4. The van der Waals surface area contributed by atoms with Crippen molar-refractivity contribution in [1.29, 1.82) is 0 Å². The standard InChI is InChI=1S/C35H26N4/c1-38(27-19-17-26(18-20-27)35-36-21-10-22-37-35)29-23-31(25-11-4-2-5-12-25)34-32(24-29)30-15-8-9-16-33(30)39(34)28-13-6-3-7-14-28/h2-24H,1H3.